The smallest absolute Gasteiger partial charge is 0.0998 e. The van der Waals surface area contributed by atoms with Crippen LogP contribution in [0.2, 0.25) is 0 Å². The Morgan fingerprint density at radius 3 is 2.60 bits per heavy atom. The number of benzene rings is 2. The standard InChI is InChI=1S/C23H26N2/c1-5-25-22-12-11-18(14-21(22)17(2)15-23(25,3)4)13-20(16-24)19-9-7-6-8-10-19/h6-14,17H,5,15H2,1-4H3/b20-13+. The topological polar surface area (TPSA) is 27.0 Å². The fourth-order valence-electron chi connectivity index (χ4n) is 4.16. The van der Waals surface area contributed by atoms with E-state index in [1.807, 2.05) is 36.4 Å². The Bertz CT molecular complexity index is 825. The Kier molecular flexibility index (Phi) is 4.68. The summed E-state index contributed by atoms with van der Waals surface area (Å²) < 4.78 is 0. The number of nitriles is 1. The average molecular weight is 330 g/mol. The number of anilines is 1. The van der Waals surface area contributed by atoms with Crippen molar-refractivity contribution >= 4 is 17.3 Å². The molecule has 128 valence electrons. The molecule has 0 fully saturated rings. The molecular weight excluding hydrogens is 304 g/mol. The molecule has 2 aromatic rings. The minimum Gasteiger partial charge on any atom is -0.366 e. The van der Waals surface area contributed by atoms with E-state index in [0.29, 0.717) is 11.5 Å². The van der Waals surface area contributed by atoms with E-state index in [9.17, 15) is 5.26 Å². The van der Waals surface area contributed by atoms with E-state index < -0.39 is 0 Å². The molecule has 0 saturated carbocycles. The van der Waals surface area contributed by atoms with Crippen LogP contribution in [0.5, 0.6) is 0 Å². The molecule has 1 aliphatic heterocycles. The summed E-state index contributed by atoms with van der Waals surface area (Å²) in [5.74, 6) is 0.517. The van der Waals surface area contributed by atoms with E-state index in [4.69, 9.17) is 0 Å². The summed E-state index contributed by atoms with van der Waals surface area (Å²) in [7, 11) is 0. The summed E-state index contributed by atoms with van der Waals surface area (Å²) in [4.78, 5) is 2.50. The minimum atomic E-state index is 0.181. The number of fused-ring (bicyclic) bond motifs is 1. The second-order valence-electron chi connectivity index (χ2n) is 7.52. The van der Waals surface area contributed by atoms with Crippen molar-refractivity contribution < 1.29 is 0 Å². The second-order valence-corrected chi connectivity index (χ2v) is 7.52. The molecule has 0 spiro atoms. The highest BCUT2D eigenvalue weighted by atomic mass is 15.2. The van der Waals surface area contributed by atoms with Crippen LogP contribution in [0.1, 0.15) is 56.7 Å². The van der Waals surface area contributed by atoms with Crippen molar-refractivity contribution in [1.82, 2.24) is 0 Å². The Morgan fingerprint density at radius 1 is 1.24 bits per heavy atom. The SMILES string of the molecule is CCN1c2ccc(/C=C(\C#N)c3ccccc3)cc2C(C)CC1(C)C. The van der Waals surface area contributed by atoms with Crippen molar-refractivity contribution in [3.8, 4) is 6.07 Å². The quantitative estimate of drug-likeness (QED) is 0.520. The molecule has 2 aromatic carbocycles. The van der Waals surface area contributed by atoms with Crippen molar-refractivity contribution in [3.63, 3.8) is 0 Å². The molecule has 1 aliphatic rings. The first-order valence-corrected chi connectivity index (χ1v) is 9.05. The molecule has 1 heterocycles. The molecule has 0 amide bonds. The maximum Gasteiger partial charge on any atom is 0.0998 e. The summed E-state index contributed by atoms with van der Waals surface area (Å²) in [6.45, 7) is 10.2. The van der Waals surface area contributed by atoms with Gasteiger partial charge in [0.2, 0.25) is 0 Å². The second kappa shape index (κ2) is 6.76. The summed E-state index contributed by atoms with van der Waals surface area (Å²) in [5.41, 5.74) is 5.67. The average Bonchev–Trinajstić information content (AvgIpc) is 2.60. The molecule has 2 nitrogen and oxygen atoms in total. The van der Waals surface area contributed by atoms with Crippen LogP contribution < -0.4 is 4.90 Å². The van der Waals surface area contributed by atoms with E-state index in [0.717, 1.165) is 24.1 Å². The molecule has 0 bridgehead atoms. The van der Waals surface area contributed by atoms with Gasteiger partial charge in [0.25, 0.3) is 0 Å². The van der Waals surface area contributed by atoms with Crippen molar-refractivity contribution in [3.05, 3.63) is 65.2 Å². The van der Waals surface area contributed by atoms with E-state index in [2.05, 4.69) is 56.9 Å². The first-order valence-electron chi connectivity index (χ1n) is 9.05. The van der Waals surface area contributed by atoms with Gasteiger partial charge < -0.3 is 4.90 Å². The molecule has 0 saturated heterocycles. The zero-order valence-corrected chi connectivity index (χ0v) is 15.6. The number of hydrogen-bond donors (Lipinski definition) is 0. The summed E-state index contributed by atoms with van der Waals surface area (Å²) >= 11 is 0. The van der Waals surface area contributed by atoms with Crippen LogP contribution in [0.4, 0.5) is 5.69 Å². The predicted octanol–water partition coefficient (Wildman–Crippen LogP) is 5.86. The van der Waals surface area contributed by atoms with Gasteiger partial charge in [0.05, 0.1) is 11.6 Å². The van der Waals surface area contributed by atoms with Crippen LogP contribution in [0.15, 0.2) is 48.5 Å². The van der Waals surface area contributed by atoms with Crippen LogP contribution in [0, 0.1) is 11.3 Å². The van der Waals surface area contributed by atoms with Crippen LogP contribution in [0.3, 0.4) is 0 Å². The van der Waals surface area contributed by atoms with Gasteiger partial charge in [-0.1, -0.05) is 43.3 Å². The van der Waals surface area contributed by atoms with Crippen LogP contribution in [0.25, 0.3) is 11.6 Å². The zero-order valence-electron chi connectivity index (χ0n) is 15.6. The molecule has 3 rings (SSSR count). The van der Waals surface area contributed by atoms with E-state index in [1.54, 1.807) is 0 Å². The third-order valence-electron chi connectivity index (χ3n) is 5.24. The van der Waals surface area contributed by atoms with Gasteiger partial charge in [0.1, 0.15) is 0 Å². The third kappa shape index (κ3) is 3.33. The highest BCUT2D eigenvalue weighted by Crippen LogP contribution is 2.43. The normalized spacial score (nSPS) is 19.2. The van der Waals surface area contributed by atoms with Gasteiger partial charge in [-0.15, -0.1) is 0 Å². The number of nitrogens with zero attached hydrogens (tertiary/aromatic N) is 2. The van der Waals surface area contributed by atoms with Crippen LogP contribution in [-0.2, 0) is 0 Å². The van der Waals surface area contributed by atoms with Crippen molar-refractivity contribution in [2.24, 2.45) is 0 Å². The number of allylic oxidation sites excluding steroid dienone is 1. The highest BCUT2D eigenvalue weighted by Gasteiger charge is 2.35. The molecule has 0 aromatic heterocycles. The lowest BCUT2D eigenvalue weighted by atomic mass is 9.79. The monoisotopic (exact) mass is 330 g/mol. The zero-order chi connectivity index (χ0) is 18.0. The van der Waals surface area contributed by atoms with Gasteiger partial charge in [-0.25, -0.2) is 0 Å². The summed E-state index contributed by atoms with van der Waals surface area (Å²) in [5, 5.41) is 9.55. The summed E-state index contributed by atoms with van der Waals surface area (Å²) in [6, 6.07) is 18.8. The third-order valence-corrected chi connectivity index (χ3v) is 5.24. The molecule has 1 atom stereocenters. The van der Waals surface area contributed by atoms with Gasteiger partial charge in [-0.3, -0.25) is 0 Å². The van der Waals surface area contributed by atoms with Crippen LogP contribution >= 0.6 is 0 Å². The lowest BCUT2D eigenvalue weighted by molar-refractivity contribution is 0.381. The van der Waals surface area contributed by atoms with Crippen LogP contribution in [-0.4, -0.2) is 12.1 Å². The lowest BCUT2D eigenvalue weighted by Gasteiger charge is -2.47. The molecule has 25 heavy (non-hydrogen) atoms. The molecule has 1 unspecified atom stereocenters. The summed E-state index contributed by atoms with van der Waals surface area (Å²) in [6.07, 6.45) is 3.14. The fraction of sp³-hybridized carbons (Fsp3) is 0.348. The minimum absolute atomic E-state index is 0.181. The molecular formula is C23H26N2. The maximum absolute atomic E-state index is 9.55. The van der Waals surface area contributed by atoms with Crippen molar-refractivity contribution in [2.45, 2.75) is 45.6 Å². The lowest BCUT2D eigenvalue weighted by Crippen LogP contribution is -2.48. The molecule has 0 radical (unpaired) electrons. The van der Waals surface area contributed by atoms with Gasteiger partial charge in [0, 0.05) is 17.8 Å². The first-order chi connectivity index (χ1) is 12.0. The first kappa shape index (κ1) is 17.3. The molecule has 2 heteroatoms. The predicted molar refractivity (Wildman–Crippen MR) is 106 cm³/mol. The highest BCUT2D eigenvalue weighted by molar-refractivity contribution is 5.90. The Hall–Kier alpha value is -2.53. The van der Waals surface area contributed by atoms with E-state index in [-0.39, 0.29) is 5.54 Å². The molecule has 0 aliphatic carbocycles. The number of rotatable bonds is 3. The van der Waals surface area contributed by atoms with Crippen molar-refractivity contribution in [1.29, 1.82) is 5.26 Å². The van der Waals surface area contributed by atoms with Gasteiger partial charge in [-0.05, 0) is 68.0 Å². The van der Waals surface area contributed by atoms with Gasteiger partial charge in [0.15, 0.2) is 0 Å². The fourth-order valence-corrected chi connectivity index (χ4v) is 4.16. The maximum atomic E-state index is 9.55. The largest absolute Gasteiger partial charge is 0.366 e. The van der Waals surface area contributed by atoms with Gasteiger partial charge in [-0.2, -0.15) is 5.26 Å². The number of hydrogen-bond acceptors (Lipinski definition) is 2. The van der Waals surface area contributed by atoms with E-state index >= 15 is 0 Å². The van der Waals surface area contributed by atoms with E-state index in [1.165, 1.54) is 11.3 Å². The van der Waals surface area contributed by atoms with Crippen molar-refractivity contribution in [2.75, 3.05) is 11.4 Å². The Morgan fingerprint density at radius 2 is 1.96 bits per heavy atom. The Labute approximate surface area is 151 Å². The Balaban J connectivity index is 2.03. The molecule has 0 N–H and O–H groups in total. The van der Waals surface area contributed by atoms with Gasteiger partial charge >= 0.3 is 0 Å².